The van der Waals surface area contributed by atoms with Crippen molar-refractivity contribution in [3.63, 3.8) is 0 Å². The van der Waals surface area contributed by atoms with Crippen LogP contribution in [0.2, 0.25) is 0 Å². The minimum atomic E-state index is -0.283. The fourth-order valence-electron chi connectivity index (χ4n) is 2.92. The number of thiazole rings is 1. The zero-order valence-electron chi connectivity index (χ0n) is 17.0. The average Bonchev–Trinajstić information content (AvgIpc) is 3.05. The van der Waals surface area contributed by atoms with Crippen molar-refractivity contribution in [2.75, 3.05) is 26.4 Å². The Morgan fingerprint density at radius 3 is 2.34 bits per heavy atom. The molecule has 0 bridgehead atoms. The van der Waals surface area contributed by atoms with Gasteiger partial charge in [-0.05, 0) is 63.2 Å². The van der Waals surface area contributed by atoms with Gasteiger partial charge in [0.05, 0.1) is 30.0 Å². The molecular formula is C22H26N2O4S. The van der Waals surface area contributed by atoms with Gasteiger partial charge in [-0.25, -0.2) is 0 Å². The van der Waals surface area contributed by atoms with Crippen LogP contribution in [-0.2, 0) is 11.3 Å². The highest BCUT2D eigenvalue weighted by Crippen LogP contribution is 2.23. The van der Waals surface area contributed by atoms with E-state index >= 15 is 0 Å². The number of rotatable bonds is 9. The second kappa shape index (κ2) is 10.2. The van der Waals surface area contributed by atoms with E-state index in [1.165, 1.54) is 11.3 Å². The number of nitrogens with zero attached hydrogens (tertiary/aromatic N) is 2. The van der Waals surface area contributed by atoms with Gasteiger partial charge in [0, 0.05) is 18.7 Å². The fourth-order valence-corrected chi connectivity index (χ4v) is 4.01. The summed E-state index contributed by atoms with van der Waals surface area (Å²) in [6.45, 7) is 8.86. The third-order valence-corrected chi connectivity index (χ3v) is 5.28. The van der Waals surface area contributed by atoms with Crippen molar-refractivity contribution in [1.29, 1.82) is 0 Å². The molecule has 3 aromatic rings. The lowest BCUT2D eigenvalue weighted by molar-refractivity contribution is 0.0996. The van der Waals surface area contributed by atoms with Crippen molar-refractivity contribution in [2.24, 2.45) is 4.99 Å². The Morgan fingerprint density at radius 2 is 1.66 bits per heavy atom. The highest BCUT2D eigenvalue weighted by molar-refractivity contribution is 7.16. The normalized spacial score (nSPS) is 11.8. The first kappa shape index (κ1) is 21.1. The average molecular weight is 415 g/mol. The minimum Gasteiger partial charge on any atom is -0.494 e. The molecule has 0 atom stereocenters. The van der Waals surface area contributed by atoms with E-state index in [-0.39, 0.29) is 5.91 Å². The van der Waals surface area contributed by atoms with E-state index in [9.17, 15) is 4.79 Å². The second-order valence-corrected chi connectivity index (χ2v) is 7.18. The van der Waals surface area contributed by atoms with Crippen LogP contribution in [0.5, 0.6) is 11.5 Å². The van der Waals surface area contributed by atoms with Gasteiger partial charge in [0.25, 0.3) is 5.91 Å². The van der Waals surface area contributed by atoms with Crippen molar-refractivity contribution < 1.29 is 19.0 Å². The number of carbonyl (C=O) groups is 1. The standard InChI is InChI=1S/C22H26N2O4S/c1-4-26-14-13-24-19-12-11-18(28-6-3)15-20(19)29-22(24)23-21(25)16-7-9-17(10-8-16)27-5-2/h7-12,15H,4-6,13-14H2,1-3H3. The maximum atomic E-state index is 12.7. The fraction of sp³-hybridized carbons (Fsp3) is 0.364. The van der Waals surface area contributed by atoms with Crippen molar-refractivity contribution in [2.45, 2.75) is 27.3 Å². The third-order valence-electron chi connectivity index (χ3n) is 4.24. The lowest BCUT2D eigenvalue weighted by Crippen LogP contribution is -2.19. The van der Waals surface area contributed by atoms with Crippen LogP contribution in [0.1, 0.15) is 31.1 Å². The third kappa shape index (κ3) is 5.25. The summed E-state index contributed by atoms with van der Waals surface area (Å²) >= 11 is 1.47. The molecule has 0 spiro atoms. The van der Waals surface area contributed by atoms with E-state index in [2.05, 4.69) is 4.99 Å². The van der Waals surface area contributed by atoms with Gasteiger partial charge in [-0.2, -0.15) is 4.99 Å². The van der Waals surface area contributed by atoms with Crippen molar-refractivity contribution in [1.82, 2.24) is 4.57 Å². The van der Waals surface area contributed by atoms with E-state index in [1.807, 2.05) is 43.5 Å². The number of aromatic nitrogens is 1. The first-order valence-electron chi connectivity index (χ1n) is 9.82. The predicted octanol–water partition coefficient (Wildman–Crippen LogP) is 4.28. The maximum Gasteiger partial charge on any atom is 0.279 e. The second-order valence-electron chi connectivity index (χ2n) is 6.17. The number of carbonyl (C=O) groups excluding carboxylic acids is 1. The molecule has 0 unspecified atom stereocenters. The summed E-state index contributed by atoms with van der Waals surface area (Å²) < 4.78 is 19.6. The molecule has 1 amide bonds. The van der Waals surface area contributed by atoms with Gasteiger partial charge in [-0.1, -0.05) is 11.3 Å². The molecule has 0 N–H and O–H groups in total. The predicted molar refractivity (Wildman–Crippen MR) is 115 cm³/mol. The van der Waals surface area contributed by atoms with E-state index in [0.717, 1.165) is 21.7 Å². The van der Waals surface area contributed by atoms with Crippen LogP contribution in [0.3, 0.4) is 0 Å². The Morgan fingerprint density at radius 1 is 0.966 bits per heavy atom. The maximum absolute atomic E-state index is 12.7. The van der Waals surface area contributed by atoms with Crippen LogP contribution in [0.4, 0.5) is 0 Å². The quantitative estimate of drug-likeness (QED) is 0.491. The Hall–Kier alpha value is -2.64. The van der Waals surface area contributed by atoms with Gasteiger partial charge in [-0.3, -0.25) is 4.79 Å². The van der Waals surface area contributed by atoms with Gasteiger partial charge < -0.3 is 18.8 Å². The number of benzene rings is 2. The lowest BCUT2D eigenvalue weighted by Gasteiger charge is -2.06. The SMILES string of the molecule is CCOCCn1c(=NC(=O)c2ccc(OCC)cc2)sc2cc(OCC)ccc21. The van der Waals surface area contributed by atoms with Gasteiger partial charge >= 0.3 is 0 Å². The first-order chi connectivity index (χ1) is 14.2. The van der Waals surface area contributed by atoms with Gasteiger partial charge in [0.1, 0.15) is 11.5 Å². The summed E-state index contributed by atoms with van der Waals surface area (Å²) in [6.07, 6.45) is 0. The number of ether oxygens (including phenoxy) is 3. The molecule has 0 aliphatic heterocycles. The topological polar surface area (TPSA) is 62.1 Å². The molecule has 0 aliphatic rings. The summed E-state index contributed by atoms with van der Waals surface area (Å²) in [4.78, 5) is 17.8. The molecule has 0 fully saturated rings. The largest absolute Gasteiger partial charge is 0.494 e. The van der Waals surface area contributed by atoms with Crippen LogP contribution >= 0.6 is 11.3 Å². The van der Waals surface area contributed by atoms with E-state index in [4.69, 9.17) is 14.2 Å². The Labute approximate surface area is 174 Å². The van der Waals surface area contributed by atoms with Crippen LogP contribution in [0, 0.1) is 0 Å². The molecule has 3 rings (SSSR count). The number of hydrogen-bond acceptors (Lipinski definition) is 5. The van der Waals surface area contributed by atoms with Crippen molar-refractivity contribution in [3.8, 4) is 11.5 Å². The molecule has 6 nitrogen and oxygen atoms in total. The molecule has 0 radical (unpaired) electrons. The van der Waals surface area contributed by atoms with Crippen molar-refractivity contribution >= 4 is 27.5 Å². The van der Waals surface area contributed by atoms with Gasteiger partial charge in [-0.15, -0.1) is 0 Å². The molecule has 0 saturated carbocycles. The Balaban J connectivity index is 1.98. The van der Waals surface area contributed by atoms with Crippen LogP contribution < -0.4 is 14.3 Å². The van der Waals surface area contributed by atoms with E-state index in [0.29, 0.717) is 43.3 Å². The molecular weight excluding hydrogens is 388 g/mol. The molecule has 1 aromatic heterocycles. The van der Waals surface area contributed by atoms with Crippen molar-refractivity contribution in [3.05, 3.63) is 52.8 Å². The smallest absolute Gasteiger partial charge is 0.279 e. The number of amides is 1. The summed E-state index contributed by atoms with van der Waals surface area (Å²) in [7, 11) is 0. The molecule has 29 heavy (non-hydrogen) atoms. The molecule has 7 heteroatoms. The molecule has 154 valence electrons. The highest BCUT2D eigenvalue weighted by atomic mass is 32.1. The minimum absolute atomic E-state index is 0.283. The Bertz CT molecular complexity index is 1020. The highest BCUT2D eigenvalue weighted by Gasteiger charge is 2.11. The molecule has 0 saturated heterocycles. The Kier molecular flexibility index (Phi) is 7.43. The van der Waals surface area contributed by atoms with Gasteiger partial charge in [0.15, 0.2) is 4.80 Å². The first-order valence-corrected chi connectivity index (χ1v) is 10.6. The summed E-state index contributed by atoms with van der Waals surface area (Å²) in [5, 5.41) is 0. The van der Waals surface area contributed by atoms with E-state index < -0.39 is 0 Å². The zero-order chi connectivity index (χ0) is 20.6. The molecule has 2 aromatic carbocycles. The van der Waals surface area contributed by atoms with Crippen LogP contribution in [-0.4, -0.2) is 36.9 Å². The summed E-state index contributed by atoms with van der Waals surface area (Å²) in [6, 6.07) is 13.0. The summed E-state index contributed by atoms with van der Waals surface area (Å²) in [5.41, 5.74) is 1.54. The van der Waals surface area contributed by atoms with Crippen LogP contribution in [0.25, 0.3) is 10.2 Å². The molecule has 1 heterocycles. The number of hydrogen-bond donors (Lipinski definition) is 0. The van der Waals surface area contributed by atoms with Gasteiger partial charge in [0.2, 0.25) is 0 Å². The summed E-state index contributed by atoms with van der Waals surface area (Å²) in [5.74, 6) is 1.26. The lowest BCUT2D eigenvalue weighted by atomic mass is 10.2. The van der Waals surface area contributed by atoms with Crippen LogP contribution in [0.15, 0.2) is 47.5 Å². The zero-order valence-corrected chi connectivity index (χ0v) is 17.8. The monoisotopic (exact) mass is 414 g/mol. The molecule has 0 aliphatic carbocycles. The number of fused-ring (bicyclic) bond motifs is 1. The van der Waals surface area contributed by atoms with E-state index in [1.54, 1.807) is 24.3 Å².